The number of phenols is 2. The number of para-hydroxylation sites is 1. The smallest absolute Gasteiger partial charge is 0.235 e. The Bertz CT molecular complexity index is 1290. The van der Waals surface area contributed by atoms with Crippen molar-refractivity contribution in [3.63, 3.8) is 0 Å². The zero-order chi connectivity index (χ0) is 20.0. The van der Waals surface area contributed by atoms with Crippen molar-refractivity contribution in [2.75, 3.05) is 0 Å². The molecule has 0 fully saturated rings. The second-order valence-corrected chi connectivity index (χ2v) is 6.99. The molecule has 1 aliphatic rings. The Hall–Kier alpha value is -3.99. The van der Waals surface area contributed by atoms with Crippen LogP contribution in [0.5, 0.6) is 17.2 Å². The van der Waals surface area contributed by atoms with E-state index in [1.54, 1.807) is 6.08 Å². The van der Waals surface area contributed by atoms with Crippen molar-refractivity contribution in [3.8, 4) is 17.2 Å². The van der Waals surface area contributed by atoms with Crippen LogP contribution in [0.1, 0.15) is 21.5 Å². The molecule has 5 rings (SSSR count). The molecule has 1 aromatic heterocycles. The first-order chi connectivity index (χ1) is 14.1. The Kier molecular flexibility index (Phi) is 3.88. The molecule has 0 aliphatic carbocycles. The summed E-state index contributed by atoms with van der Waals surface area (Å²) < 4.78 is 7.78. The van der Waals surface area contributed by atoms with Crippen LogP contribution < -0.4 is 4.74 Å². The lowest BCUT2D eigenvalue weighted by Crippen LogP contribution is -1.98. The van der Waals surface area contributed by atoms with E-state index in [0.717, 1.165) is 22.5 Å². The number of rotatable bonds is 3. The minimum atomic E-state index is -0.405. The highest BCUT2D eigenvalue weighted by Gasteiger charge is 2.31. The molecule has 0 radical (unpaired) electrons. The zero-order valence-electron chi connectivity index (χ0n) is 15.4. The molecule has 2 N–H and O–H groups in total. The first-order valence-electron chi connectivity index (χ1n) is 9.22. The molecular formula is C24H17NO4. The summed E-state index contributed by atoms with van der Waals surface area (Å²) in [6.07, 6.45) is 3.67. The maximum absolute atomic E-state index is 12.7. The van der Waals surface area contributed by atoms with Crippen molar-refractivity contribution in [1.82, 2.24) is 4.57 Å². The molecule has 4 aromatic rings. The molecule has 0 amide bonds. The standard InChI is InChI=1S/C24H17NO4/c26-17-11-20(27)23-21(12-17)29-22(24(23)28)10-16-14-25(13-15-6-2-1-3-7-15)19-9-5-4-8-18(16)19/h1-12,14,26-27H,13H2. The third-order valence-electron chi connectivity index (χ3n) is 5.04. The summed E-state index contributed by atoms with van der Waals surface area (Å²) in [6, 6.07) is 20.6. The second-order valence-electron chi connectivity index (χ2n) is 6.99. The molecule has 0 atom stereocenters. The summed E-state index contributed by atoms with van der Waals surface area (Å²) in [7, 11) is 0. The number of phenolic OH excluding ortho intramolecular Hbond substituents is 2. The van der Waals surface area contributed by atoms with Gasteiger partial charge in [0.25, 0.3) is 0 Å². The molecule has 0 unspecified atom stereocenters. The molecule has 29 heavy (non-hydrogen) atoms. The van der Waals surface area contributed by atoms with Crippen LogP contribution in [0.2, 0.25) is 0 Å². The van der Waals surface area contributed by atoms with Gasteiger partial charge >= 0.3 is 0 Å². The van der Waals surface area contributed by atoms with Gasteiger partial charge in [-0.2, -0.15) is 0 Å². The molecule has 5 nitrogen and oxygen atoms in total. The number of aromatic hydroxyl groups is 2. The van der Waals surface area contributed by atoms with Crippen molar-refractivity contribution in [3.05, 3.63) is 95.4 Å². The van der Waals surface area contributed by atoms with E-state index in [9.17, 15) is 15.0 Å². The summed E-state index contributed by atoms with van der Waals surface area (Å²) >= 11 is 0. The first-order valence-corrected chi connectivity index (χ1v) is 9.22. The van der Waals surface area contributed by atoms with Crippen LogP contribution in [-0.4, -0.2) is 20.6 Å². The van der Waals surface area contributed by atoms with Crippen LogP contribution in [0.3, 0.4) is 0 Å². The fourth-order valence-corrected chi connectivity index (χ4v) is 3.72. The molecule has 0 spiro atoms. The van der Waals surface area contributed by atoms with Gasteiger partial charge in [0.2, 0.25) is 5.78 Å². The molecule has 142 valence electrons. The number of carbonyl (C=O) groups is 1. The van der Waals surface area contributed by atoms with E-state index in [4.69, 9.17) is 4.74 Å². The van der Waals surface area contributed by atoms with Gasteiger partial charge in [-0.15, -0.1) is 0 Å². The normalized spacial score (nSPS) is 14.3. The number of nitrogens with zero attached hydrogens (tertiary/aromatic N) is 1. The number of benzene rings is 3. The number of allylic oxidation sites excluding steroid dienone is 1. The average Bonchev–Trinajstić information content (AvgIpc) is 3.21. The zero-order valence-corrected chi connectivity index (χ0v) is 15.4. The van der Waals surface area contributed by atoms with Gasteiger partial charge in [0, 0.05) is 41.3 Å². The van der Waals surface area contributed by atoms with E-state index < -0.39 is 5.78 Å². The number of hydrogen-bond acceptors (Lipinski definition) is 4. The van der Waals surface area contributed by atoms with Crippen molar-refractivity contribution in [2.45, 2.75) is 6.54 Å². The lowest BCUT2D eigenvalue weighted by Gasteiger charge is -2.05. The highest BCUT2D eigenvalue weighted by molar-refractivity contribution is 6.16. The quantitative estimate of drug-likeness (QED) is 0.502. The van der Waals surface area contributed by atoms with Crippen LogP contribution in [0.15, 0.2) is 78.7 Å². The van der Waals surface area contributed by atoms with E-state index in [1.807, 2.05) is 48.7 Å². The Morgan fingerprint density at radius 1 is 0.966 bits per heavy atom. The van der Waals surface area contributed by atoms with E-state index in [1.165, 1.54) is 11.6 Å². The number of fused-ring (bicyclic) bond motifs is 2. The average molecular weight is 383 g/mol. The highest BCUT2D eigenvalue weighted by Crippen LogP contribution is 2.41. The maximum atomic E-state index is 12.7. The topological polar surface area (TPSA) is 71.7 Å². The molecule has 0 saturated carbocycles. The molecule has 3 aromatic carbocycles. The number of Topliss-reactive ketones (excluding diaryl/α,β-unsaturated/α-hetero) is 1. The Labute approximate surface area is 166 Å². The van der Waals surface area contributed by atoms with Crippen molar-refractivity contribution in [1.29, 1.82) is 0 Å². The van der Waals surface area contributed by atoms with Crippen molar-refractivity contribution >= 4 is 22.8 Å². The van der Waals surface area contributed by atoms with Crippen LogP contribution in [-0.2, 0) is 6.54 Å². The lowest BCUT2D eigenvalue weighted by atomic mass is 10.1. The molecule has 5 heteroatoms. The number of carbonyl (C=O) groups excluding carboxylic acids is 1. The van der Waals surface area contributed by atoms with E-state index in [2.05, 4.69) is 16.7 Å². The van der Waals surface area contributed by atoms with Gasteiger partial charge in [-0.05, 0) is 17.7 Å². The van der Waals surface area contributed by atoms with Crippen LogP contribution in [0, 0.1) is 0 Å². The molecule has 0 bridgehead atoms. The van der Waals surface area contributed by atoms with Crippen LogP contribution in [0.25, 0.3) is 17.0 Å². The lowest BCUT2D eigenvalue weighted by molar-refractivity contribution is 0.101. The van der Waals surface area contributed by atoms with Gasteiger partial charge in [0.05, 0.1) is 0 Å². The summed E-state index contributed by atoms with van der Waals surface area (Å²) in [4.78, 5) is 12.7. The summed E-state index contributed by atoms with van der Waals surface area (Å²) in [5.74, 6) is -0.581. The van der Waals surface area contributed by atoms with Crippen molar-refractivity contribution < 1.29 is 19.7 Å². The van der Waals surface area contributed by atoms with Gasteiger partial charge in [0.1, 0.15) is 22.8 Å². The van der Waals surface area contributed by atoms with Gasteiger partial charge < -0.3 is 19.5 Å². The number of ketones is 1. The molecule has 0 saturated heterocycles. The third-order valence-corrected chi connectivity index (χ3v) is 5.04. The van der Waals surface area contributed by atoms with Crippen molar-refractivity contribution in [2.24, 2.45) is 0 Å². The van der Waals surface area contributed by atoms with Gasteiger partial charge in [-0.25, -0.2) is 0 Å². The minimum Gasteiger partial charge on any atom is -0.508 e. The number of hydrogen-bond donors (Lipinski definition) is 2. The Morgan fingerprint density at radius 2 is 1.72 bits per heavy atom. The van der Waals surface area contributed by atoms with Gasteiger partial charge in [-0.3, -0.25) is 4.79 Å². The fraction of sp³-hybridized carbons (Fsp3) is 0.0417. The Morgan fingerprint density at radius 3 is 2.55 bits per heavy atom. The fourth-order valence-electron chi connectivity index (χ4n) is 3.72. The summed E-state index contributed by atoms with van der Waals surface area (Å²) in [6.45, 7) is 0.703. The SMILES string of the molecule is O=C1C(=Cc2cn(Cc3ccccc3)c3ccccc23)Oc2cc(O)cc(O)c21. The highest BCUT2D eigenvalue weighted by atomic mass is 16.5. The monoisotopic (exact) mass is 383 g/mol. The van der Waals surface area contributed by atoms with E-state index >= 15 is 0 Å². The van der Waals surface area contributed by atoms with E-state index in [-0.39, 0.29) is 28.6 Å². The van der Waals surface area contributed by atoms with Crippen LogP contribution >= 0.6 is 0 Å². The number of aromatic nitrogens is 1. The summed E-state index contributed by atoms with van der Waals surface area (Å²) in [5, 5.41) is 20.7. The predicted molar refractivity (Wildman–Crippen MR) is 110 cm³/mol. The third kappa shape index (κ3) is 2.93. The Balaban J connectivity index is 1.58. The maximum Gasteiger partial charge on any atom is 0.235 e. The first kappa shape index (κ1) is 17.1. The summed E-state index contributed by atoms with van der Waals surface area (Å²) in [5.41, 5.74) is 3.14. The minimum absolute atomic E-state index is 0.0714. The molecule has 2 heterocycles. The van der Waals surface area contributed by atoms with Gasteiger partial charge in [-0.1, -0.05) is 48.5 Å². The van der Waals surface area contributed by atoms with Gasteiger partial charge in [0.15, 0.2) is 5.76 Å². The molecular weight excluding hydrogens is 366 g/mol. The number of ether oxygens (including phenoxy) is 1. The van der Waals surface area contributed by atoms with E-state index in [0.29, 0.717) is 6.54 Å². The molecule has 1 aliphatic heterocycles. The second kappa shape index (κ2) is 6.56. The predicted octanol–water partition coefficient (Wildman–Crippen LogP) is 4.72. The largest absolute Gasteiger partial charge is 0.508 e. The van der Waals surface area contributed by atoms with Crippen LogP contribution in [0.4, 0.5) is 0 Å².